The van der Waals surface area contributed by atoms with Gasteiger partial charge in [0.05, 0.1) is 6.54 Å². The maximum absolute atomic E-state index is 12.1. The van der Waals surface area contributed by atoms with Crippen molar-refractivity contribution in [1.29, 1.82) is 0 Å². The highest BCUT2D eigenvalue weighted by Crippen LogP contribution is 2.11. The van der Waals surface area contributed by atoms with E-state index in [1.165, 1.54) is 0 Å². The summed E-state index contributed by atoms with van der Waals surface area (Å²) in [5.74, 6) is 0.386. The highest BCUT2D eigenvalue weighted by molar-refractivity contribution is 5.78. The fourth-order valence-electron chi connectivity index (χ4n) is 3.47. The van der Waals surface area contributed by atoms with Gasteiger partial charge in [-0.05, 0) is 33.1 Å². The Hall–Kier alpha value is -1.14. The van der Waals surface area contributed by atoms with Gasteiger partial charge in [0.2, 0.25) is 11.8 Å². The van der Waals surface area contributed by atoms with E-state index in [4.69, 9.17) is 0 Å². The Morgan fingerprint density at radius 1 is 1.08 bits per heavy atom. The number of carbonyl (C=O) groups excluding carboxylic acids is 2. The van der Waals surface area contributed by atoms with E-state index in [1.807, 2.05) is 4.90 Å². The topological polar surface area (TPSA) is 55.9 Å². The molecule has 0 aromatic heterocycles. The summed E-state index contributed by atoms with van der Waals surface area (Å²) in [5.41, 5.74) is 0. The summed E-state index contributed by atoms with van der Waals surface area (Å²) < 4.78 is 0. The largest absolute Gasteiger partial charge is 0.355 e. The van der Waals surface area contributed by atoms with Crippen molar-refractivity contribution in [3.63, 3.8) is 0 Å². The van der Waals surface area contributed by atoms with Crippen LogP contribution in [0.25, 0.3) is 0 Å². The Balaban J connectivity index is 1.56. The van der Waals surface area contributed by atoms with E-state index in [0.29, 0.717) is 25.6 Å². The van der Waals surface area contributed by atoms with Crippen molar-refractivity contribution < 1.29 is 9.59 Å². The van der Waals surface area contributed by atoms with Crippen molar-refractivity contribution in [2.75, 3.05) is 52.4 Å². The second kappa shape index (κ2) is 9.99. The lowest BCUT2D eigenvalue weighted by Gasteiger charge is -2.36. The van der Waals surface area contributed by atoms with Crippen LogP contribution in [0.15, 0.2) is 0 Å². The van der Waals surface area contributed by atoms with Crippen molar-refractivity contribution in [3.8, 4) is 0 Å². The zero-order valence-corrected chi connectivity index (χ0v) is 15.4. The number of amides is 2. The van der Waals surface area contributed by atoms with Gasteiger partial charge in [0.15, 0.2) is 0 Å². The van der Waals surface area contributed by atoms with E-state index >= 15 is 0 Å². The molecule has 2 fully saturated rings. The van der Waals surface area contributed by atoms with Crippen molar-refractivity contribution >= 4 is 11.8 Å². The molecule has 2 aliphatic heterocycles. The minimum atomic E-state index is 0.107. The van der Waals surface area contributed by atoms with Gasteiger partial charge in [-0.25, -0.2) is 0 Å². The van der Waals surface area contributed by atoms with Crippen LogP contribution in [0.1, 0.15) is 46.0 Å². The van der Waals surface area contributed by atoms with Crippen molar-refractivity contribution in [2.45, 2.75) is 52.0 Å². The average Bonchev–Trinajstić information content (AvgIpc) is 2.76. The predicted molar refractivity (Wildman–Crippen MR) is 95.8 cm³/mol. The standard InChI is InChI=1S/C18H34N4O2/c1-16(2)21-13-11-20(12-14-21)15-17(23)19-8-6-10-22-9-5-3-4-7-18(22)24/h16H,3-15H2,1-2H3,(H,19,23). The first-order chi connectivity index (χ1) is 11.6. The summed E-state index contributed by atoms with van der Waals surface area (Å²) >= 11 is 0. The molecule has 6 nitrogen and oxygen atoms in total. The van der Waals surface area contributed by atoms with Crippen LogP contribution in [0, 0.1) is 0 Å². The lowest BCUT2D eigenvalue weighted by atomic mass is 10.2. The third-order valence-corrected chi connectivity index (χ3v) is 5.10. The number of nitrogens with zero attached hydrogens (tertiary/aromatic N) is 3. The SMILES string of the molecule is CC(C)N1CCN(CC(=O)NCCCN2CCCCCC2=O)CC1. The molecule has 24 heavy (non-hydrogen) atoms. The molecule has 2 aliphatic rings. The third kappa shape index (κ3) is 6.40. The smallest absolute Gasteiger partial charge is 0.234 e. The zero-order valence-electron chi connectivity index (χ0n) is 15.4. The highest BCUT2D eigenvalue weighted by atomic mass is 16.2. The zero-order chi connectivity index (χ0) is 17.4. The minimum absolute atomic E-state index is 0.107. The van der Waals surface area contributed by atoms with Gasteiger partial charge in [-0.3, -0.25) is 19.4 Å². The molecule has 0 bridgehead atoms. The molecular weight excluding hydrogens is 304 g/mol. The van der Waals surface area contributed by atoms with Gasteiger partial charge in [0.1, 0.15) is 0 Å². The summed E-state index contributed by atoms with van der Waals surface area (Å²) in [6.07, 6.45) is 4.83. The molecule has 0 aromatic rings. The third-order valence-electron chi connectivity index (χ3n) is 5.10. The predicted octanol–water partition coefficient (Wildman–Crippen LogP) is 0.921. The summed E-state index contributed by atoms with van der Waals surface area (Å²) in [7, 11) is 0. The summed E-state index contributed by atoms with van der Waals surface area (Å²) in [5, 5.41) is 3.00. The number of carbonyl (C=O) groups is 2. The van der Waals surface area contributed by atoms with Crippen LogP contribution in [0.2, 0.25) is 0 Å². The molecule has 1 N–H and O–H groups in total. The number of rotatable bonds is 7. The monoisotopic (exact) mass is 338 g/mol. The number of likely N-dealkylation sites (tertiary alicyclic amines) is 1. The molecule has 0 atom stereocenters. The van der Waals surface area contributed by atoms with Crippen LogP contribution in [0.3, 0.4) is 0 Å². The number of hydrogen-bond acceptors (Lipinski definition) is 4. The first kappa shape index (κ1) is 19.2. The van der Waals surface area contributed by atoms with Gasteiger partial charge in [-0.1, -0.05) is 6.42 Å². The summed E-state index contributed by atoms with van der Waals surface area (Å²) in [4.78, 5) is 30.6. The Morgan fingerprint density at radius 2 is 1.83 bits per heavy atom. The number of piperazine rings is 1. The molecule has 0 aliphatic carbocycles. The highest BCUT2D eigenvalue weighted by Gasteiger charge is 2.20. The molecular formula is C18H34N4O2. The van der Waals surface area contributed by atoms with Crippen LogP contribution >= 0.6 is 0 Å². The summed E-state index contributed by atoms with van der Waals surface area (Å²) in [6.45, 7) is 11.3. The van der Waals surface area contributed by atoms with Crippen LogP contribution < -0.4 is 5.32 Å². The molecule has 0 saturated carbocycles. The maximum Gasteiger partial charge on any atom is 0.234 e. The van der Waals surface area contributed by atoms with Crippen molar-refractivity contribution in [3.05, 3.63) is 0 Å². The van der Waals surface area contributed by atoms with E-state index in [0.717, 1.165) is 65.0 Å². The Bertz CT molecular complexity index is 406. The molecule has 0 spiro atoms. The first-order valence-corrected chi connectivity index (χ1v) is 9.57. The van der Waals surface area contributed by atoms with E-state index in [2.05, 4.69) is 29.0 Å². The molecule has 0 aromatic carbocycles. The lowest BCUT2D eigenvalue weighted by molar-refractivity contribution is -0.130. The molecule has 0 unspecified atom stereocenters. The quantitative estimate of drug-likeness (QED) is 0.702. The van der Waals surface area contributed by atoms with Crippen LogP contribution in [0.4, 0.5) is 0 Å². The first-order valence-electron chi connectivity index (χ1n) is 9.57. The van der Waals surface area contributed by atoms with Crippen LogP contribution in [-0.2, 0) is 9.59 Å². The minimum Gasteiger partial charge on any atom is -0.355 e. The van der Waals surface area contributed by atoms with E-state index in [-0.39, 0.29) is 11.8 Å². The maximum atomic E-state index is 12.1. The Labute approximate surface area is 146 Å². The lowest BCUT2D eigenvalue weighted by Crippen LogP contribution is -2.51. The number of nitrogens with one attached hydrogen (secondary N) is 1. The van der Waals surface area contributed by atoms with Gasteiger partial charge < -0.3 is 10.2 Å². The van der Waals surface area contributed by atoms with E-state index in [1.54, 1.807) is 0 Å². The molecule has 2 heterocycles. The molecule has 138 valence electrons. The van der Waals surface area contributed by atoms with Crippen molar-refractivity contribution in [1.82, 2.24) is 20.0 Å². The van der Waals surface area contributed by atoms with Gasteiger partial charge in [-0.2, -0.15) is 0 Å². The fraction of sp³-hybridized carbons (Fsp3) is 0.889. The molecule has 2 amide bonds. The summed E-state index contributed by atoms with van der Waals surface area (Å²) in [6, 6.07) is 0.586. The van der Waals surface area contributed by atoms with Gasteiger partial charge >= 0.3 is 0 Å². The number of hydrogen-bond donors (Lipinski definition) is 1. The van der Waals surface area contributed by atoms with E-state index < -0.39 is 0 Å². The van der Waals surface area contributed by atoms with E-state index in [9.17, 15) is 9.59 Å². The Kier molecular flexibility index (Phi) is 7.99. The molecule has 2 rings (SSSR count). The average molecular weight is 338 g/mol. The van der Waals surface area contributed by atoms with Gasteiger partial charge in [-0.15, -0.1) is 0 Å². The molecule has 2 saturated heterocycles. The second-order valence-corrected chi connectivity index (χ2v) is 7.30. The van der Waals surface area contributed by atoms with Gasteiger partial charge in [0.25, 0.3) is 0 Å². The fourth-order valence-corrected chi connectivity index (χ4v) is 3.47. The van der Waals surface area contributed by atoms with Crippen LogP contribution in [-0.4, -0.2) is 84.9 Å². The van der Waals surface area contributed by atoms with Gasteiger partial charge in [0, 0.05) is 58.3 Å². The van der Waals surface area contributed by atoms with Crippen molar-refractivity contribution in [2.24, 2.45) is 0 Å². The Morgan fingerprint density at radius 3 is 2.54 bits per heavy atom. The molecule has 0 radical (unpaired) electrons. The normalized spacial score (nSPS) is 21.1. The molecule has 6 heteroatoms. The second-order valence-electron chi connectivity index (χ2n) is 7.30. The van der Waals surface area contributed by atoms with Crippen LogP contribution in [0.5, 0.6) is 0 Å².